The lowest BCUT2D eigenvalue weighted by Gasteiger charge is -2.25. The molecular weight excluding hydrogens is 344 g/mol. The molecule has 0 spiro atoms. The molecule has 1 N–H and O–H groups in total. The fraction of sp³-hybridized carbons (Fsp3) is 0.529. The van der Waals surface area contributed by atoms with Crippen molar-refractivity contribution >= 4 is 27.3 Å². The SMILES string of the molecule is CO[Si](CCCN(C)CCN/C=C\c1ccccc1)(OC)OC.Cl. The summed E-state index contributed by atoms with van der Waals surface area (Å²) in [5.41, 5.74) is 1.20. The first-order chi connectivity index (χ1) is 11.2. The Hall–Kier alpha value is -0.893. The summed E-state index contributed by atoms with van der Waals surface area (Å²) in [4.78, 5) is 2.30. The molecule has 7 heteroatoms. The number of likely N-dealkylation sites (N-methyl/N-ethyl adjacent to an activating group) is 1. The largest absolute Gasteiger partial charge is 0.500 e. The number of hydrogen-bond donors (Lipinski definition) is 1. The van der Waals surface area contributed by atoms with Crippen molar-refractivity contribution in [2.75, 3.05) is 48.0 Å². The first kappa shape index (κ1) is 23.1. The number of rotatable bonds is 12. The van der Waals surface area contributed by atoms with Crippen LogP contribution in [0.15, 0.2) is 36.5 Å². The molecule has 1 aromatic carbocycles. The highest BCUT2D eigenvalue weighted by atomic mass is 35.5. The van der Waals surface area contributed by atoms with Crippen LogP contribution in [0.3, 0.4) is 0 Å². The maximum absolute atomic E-state index is 5.43. The lowest BCUT2D eigenvalue weighted by atomic mass is 10.2. The quantitative estimate of drug-likeness (QED) is 0.450. The minimum absolute atomic E-state index is 0. The summed E-state index contributed by atoms with van der Waals surface area (Å²) >= 11 is 0. The van der Waals surface area contributed by atoms with E-state index in [4.69, 9.17) is 13.3 Å². The molecule has 0 aliphatic rings. The summed E-state index contributed by atoms with van der Waals surface area (Å²) in [6.45, 7) is 2.90. The van der Waals surface area contributed by atoms with Gasteiger partial charge in [-0.05, 0) is 37.9 Å². The fourth-order valence-electron chi connectivity index (χ4n) is 2.29. The molecule has 0 heterocycles. The third kappa shape index (κ3) is 8.82. The highest BCUT2D eigenvalue weighted by Gasteiger charge is 2.36. The molecule has 0 radical (unpaired) electrons. The van der Waals surface area contributed by atoms with Gasteiger partial charge in [0.25, 0.3) is 0 Å². The fourth-order valence-corrected chi connectivity index (χ4v) is 4.00. The molecule has 0 amide bonds. The molecule has 138 valence electrons. The van der Waals surface area contributed by atoms with Gasteiger partial charge in [-0.1, -0.05) is 30.3 Å². The van der Waals surface area contributed by atoms with E-state index >= 15 is 0 Å². The average molecular weight is 375 g/mol. The van der Waals surface area contributed by atoms with E-state index in [0.717, 1.165) is 32.1 Å². The lowest BCUT2D eigenvalue weighted by Crippen LogP contribution is -2.43. The van der Waals surface area contributed by atoms with Crippen LogP contribution in [0.1, 0.15) is 12.0 Å². The maximum Gasteiger partial charge on any atom is 0.500 e. The van der Waals surface area contributed by atoms with Crippen LogP contribution in [0.25, 0.3) is 6.08 Å². The van der Waals surface area contributed by atoms with Crippen molar-refractivity contribution in [3.05, 3.63) is 42.1 Å². The van der Waals surface area contributed by atoms with Crippen molar-refractivity contribution in [1.29, 1.82) is 0 Å². The van der Waals surface area contributed by atoms with E-state index in [9.17, 15) is 0 Å². The Kier molecular flexibility index (Phi) is 12.9. The van der Waals surface area contributed by atoms with Crippen LogP contribution in [-0.2, 0) is 13.3 Å². The molecule has 0 atom stereocenters. The molecule has 0 fully saturated rings. The molecule has 0 saturated carbocycles. The molecule has 0 aliphatic carbocycles. The average Bonchev–Trinajstić information content (AvgIpc) is 2.60. The summed E-state index contributed by atoms with van der Waals surface area (Å²) in [6.07, 6.45) is 5.08. The topological polar surface area (TPSA) is 43.0 Å². The van der Waals surface area contributed by atoms with Crippen molar-refractivity contribution < 1.29 is 13.3 Å². The van der Waals surface area contributed by atoms with Crippen LogP contribution in [0.5, 0.6) is 0 Å². The van der Waals surface area contributed by atoms with Crippen molar-refractivity contribution in [1.82, 2.24) is 10.2 Å². The minimum Gasteiger partial charge on any atom is -0.390 e. The van der Waals surface area contributed by atoms with Gasteiger partial charge in [-0.25, -0.2) is 0 Å². The molecule has 0 unspecified atom stereocenters. The Bertz CT molecular complexity index is 436. The van der Waals surface area contributed by atoms with Crippen molar-refractivity contribution in [2.24, 2.45) is 0 Å². The standard InChI is InChI=1S/C17H30N2O3Si.ClH/c1-19(14-8-16-23(20-2,21-3)22-4)15-13-18-12-11-17-9-6-5-7-10-17;/h5-7,9-12,18H,8,13-16H2,1-4H3;1H/b12-11-;. The number of hydrogen-bond acceptors (Lipinski definition) is 5. The van der Waals surface area contributed by atoms with Crippen LogP contribution in [0.2, 0.25) is 6.04 Å². The second-order valence-electron chi connectivity index (χ2n) is 5.40. The van der Waals surface area contributed by atoms with Gasteiger partial charge >= 0.3 is 8.80 Å². The number of benzene rings is 1. The minimum atomic E-state index is -2.42. The first-order valence-corrected chi connectivity index (χ1v) is 9.88. The van der Waals surface area contributed by atoms with Gasteiger partial charge in [0.1, 0.15) is 0 Å². The summed E-state index contributed by atoms with van der Waals surface area (Å²) in [5, 5.41) is 3.32. The third-order valence-corrected chi connectivity index (χ3v) is 6.62. The summed E-state index contributed by atoms with van der Waals surface area (Å²) in [6, 6.07) is 11.1. The zero-order chi connectivity index (χ0) is 17.0. The number of halogens is 1. The van der Waals surface area contributed by atoms with E-state index in [2.05, 4.69) is 35.5 Å². The van der Waals surface area contributed by atoms with Gasteiger partial charge in [-0.2, -0.15) is 0 Å². The van der Waals surface area contributed by atoms with Gasteiger partial charge in [0.2, 0.25) is 0 Å². The van der Waals surface area contributed by atoms with Crippen LogP contribution in [-0.4, -0.2) is 61.7 Å². The molecule has 1 rings (SSSR count). The predicted molar refractivity (Wildman–Crippen MR) is 104 cm³/mol. The summed E-state index contributed by atoms with van der Waals surface area (Å²) in [7, 11) is 4.68. The van der Waals surface area contributed by atoms with Gasteiger partial charge in [0.05, 0.1) is 0 Å². The van der Waals surface area contributed by atoms with E-state index in [-0.39, 0.29) is 12.4 Å². The van der Waals surface area contributed by atoms with E-state index in [1.807, 2.05) is 24.4 Å². The molecule has 0 aliphatic heterocycles. The smallest absolute Gasteiger partial charge is 0.390 e. The first-order valence-electron chi connectivity index (χ1n) is 7.95. The Morgan fingerprint density at radius 2 is 1.67 bits per heavy atom. The van der Waals surface area contributed by atoms with Gasteiger partial charge in [-0.15, -0.1) is 12.4 Å². The van der Waals surface area contributed by atoms with Crippen LogP contribution in [0, 0.1) is 0 Å². The zero-order valence-corrected chi connectivity index (χ0v) is 17.0. The predicted octanol–water partition coefficient (Wildman–Crippen LogP) is 2.87. The highest BCUT2D eigenvalue weighted by molar-refractivity contribution is 6.60. The molecule has 5 nitrogen and oxygen atoms in total. The van der Waals surface area contributed by atoms with Crippen molar-refractivity contribution in [3.63, 3.8) is 0 Å². The Balaban J connectivity index is 0.00000529. The Morgan fingerprint density at radius 1 is 1.04 bits per heavy atom. The molecule has 0 aromatic heterocycles. The lowest BCUT2D eigenvalue weighted by molar-refractivity contribution is 0.122. The number of nitrogens with one attached hydrogen (secondary N) is 1. The zero-order valence-electron chi connectivity index (χ0n) is 15.2. The van der Waals surface area contributed by atoms with Crippen LogP contribution < -0.4 is 5.32 Å². The monoisotopic (exact) mass is 374 g/mol. The van der Waals surface area contributed by atoms with Crippen LogP contribution >= 0.6 is 12.4 Å². The molecule has 0 saturated heterocycles. The van der Waals surface area contributed by atoms with Gasteiger partial charge in [0, 0.05) is 40.5 Å². The van der Waals surface area contributed by atoms with E-state index in [0.29, 0.717) is 0 Å². The van der Waals surface area contributed by atoms with Gasteiger partial charge < -0.3 is 23.5 Å². The van der Waals surface area contributed by atoms with Crippen molar-refractivity contribution in [3.8, 4) is 0 Å². The Morgan fingerprint density at radius 3 is 2.25 bits per heavy atom. The second kappa shape index (κ2) is 13.4. The van der Waals surface area contributed by atoms with E-state index < -0.39 is 8.80 Å². The molecule has 0 bridgehead atoms. The van der Waals surface area contributed by atoms with Crippen molar-refractivity contribution in [2.45, 2.75) is 12.5 Å². The summed E-state index contributed by atoms with van der Waals surface area (Å²) in [5.74, 6) is 0. The van der Waals surface area contributed by atoms with Crippen LogP contribution in [0.4, 0.5) is 0 Å². The van der Waals surface area contributed by atoms with Gasteiger partial charge in [0.15, 0.2) is 0 Å². The van der Waals surface area contributed by atoms with E-state index in [1.54, 1.807) is 21.3 Å². The normalized spacial score (nSPS) is 11.7. The molecular formula is C17H31ClN2O3Si. The molecule has 24 heavy (non-hydrogen) atoms. The van der Waals surface area contributed by atoms with Gasteiger partial charge in [-0.3, -0.25) is 0 Å². The van der Waals surface area contributed by atoms with E-state index in [1.165, 1.54) is 5.56 Å². The Labute approximate surface area is 153 Å². The summed E-state index contributed by atoms with van der Waals surface area (Å²) < 4.78 is 16.3. The highest BCUT2D eigenvalue weighted by Crippen LogP contribution is 2.14. The number of nitrogens with zero attached hydrogens (tertiary/aromatic N) is 1. The molecule has 1 aromatic rings. The second-order valence-corrected chi connectivity index (χ2v) is 8.49. The maximum atomic E-state index is 5.43. The third-order valence-electron chi connectivity index (χ3n) is 3.79.